The fraction of sp³-hybridized carbons (Fsp3) is 0.308. The van der Waals surface area contributed by atoms with Gasteiger partial charge in [0.2, 0.25) is 0 Å². The highest BCUT2D eigenvalue weighted by molar-refractivity contribution is 6.37. The van der Waals surface area contributed by atoms with Crippen molar-refractivity contribution in [1.82, 2.24) is 19.8 Å². The maximum Gasteiger partial charge on any atom is 0.178 e. The summed E-state index contributed by atoms with van der Waals surface area (Å²) in [6.07, 6.45) is 0. The van der Waals surface area contributed by atoms with Crippen LogP contribution in [0.25, 0.3) is 16.7 Å². The summed E-state index contributed by atoms with van der Waals surface area (Å²) in [6.45, 7) is 6.32. The summed E-state index contributed by atoms with van der Waals surface area (Å²) in [5.41, 5.74) is 9.26. The summed E-state index contributed by atoms with van der Waals surface area (Å²) in [5, 5.41) is 13.3. The van der Waals surface area contributed by atoms with E-state index in [9.17, 15) is 0 Å². The Bertz CT molecular complexity index is 785. The molecule has 0 unspecified atom stereocenters. The van der Waals surface area contributed by atoms with Crippen LogP contribution in [0.1, 0.15) is 26.5 Å². The first-order chi connectivity index (χ1) is 8.88. The quantitative estimate of drug-likeness (QED) is 0.641. The van der Waals surface area contributed by atoms with Gasteiger partial charge in [0.25, 0.3) is 0 Å². The SMILES string of the molecule is CC(C)(C)c1cc2nnc3c(Cl)c(N)ccc3n2n1. The summed E-state index contributed by atoms with van der Waals surface area (Å²) in [4.78, 5) is 0. The van der Waals surface area contributed by atoms with E-state index in [0.29, 0.717) is 21.9 Å². The van der Waals surface area contributed by atoms with Gasteiger partial charge in [-0.2, -0.15) is 5.10 Å². The van der Waals surface area contributed by atoms with E-state index in [1.165, 1.54) is 0 Å². The van der Waals surface area contributed by atoms with E-state index in [-0.39, 0.29) is 5.41 Å². The van der Waals surface area contributed by atoms with Gasteiger partial charge in [-0.3, -0.25) is 0 Å². The van der Waals surface area contributed by atoms with Gasteiger partial charge in [0.05, 0.1) is 21.9 Å². The monoisotopic (exact) mass is 275 g/mol. The lowest BCUT2D eigenvalue weighted by Crippen LogP contribution is -2.11. The third kappa shape index (κ3) is 1.81. The molecule has 1 aromatic carbocycles. The molecule has 0 radical (unpaired) electrons. The van der Waals surface area contributed by atoms with Gasteiger partial charge in [0, 0.05) is 11.5 Å². The summed E-state index contributed by atoms with van der Waals surface area (Å²) in [5.74, 6) is 0. The van der Waals surface area contributed by atoms with E-state index in [0.717, 1.165) is 11.2 Å². The van der Waals surface area contributed by atoms with Crippen LogP contribution >= 0.6 is 11.6 Å². The maximum absolute atomic E-state index is 6.15. The second-order valence-corrected chi connectivity index (χ2v) is 5.96. The molecule has 0 fully saturated rings. The summed E-state index contributed by atoms with van der Waals surface area (Å²) >= 11 is 6.15. The fourth-order valence-electron chi connectivity index (χ4n) is 1.92. The molecule has 0 amide bonds. The number of halogens is 1. The molecule has 3 aromatic rings. The average Bonchev–Trinajstić information content (AvgIpc) is 2.77. The number of nitrogens with zero attached hydrogens (tertiary/aromatic N) is 4. The first kappa shape index (κ1) is 12.2. The van der Waals surface area contributed by atoms with Gasteiger partial charge < -0.3 is 5.73 Å². The maximum atomic E-state index is 6.15. The summed E-state index contributed by atoms with van der Waals surface area (Å²) in [6, 6.07) is 5.55. The van der Waals surface area contributed by atoms with Crippen LogP contribution < -0.4 is 5.73 Å². The van der Waals surface area contributed by atoms with Crippen LogP contribution in [0, 0.1) is 0 Å². The van der Waals surface area contributed by atoms with Crippen molar-refractivity contribution in [3.05, 3.63) is 28.9 Å². The number of aromatic nitrogens is 4. The minimum Gasteiger partial charge on any atom is -0.397 e. The first-order valence-electron chi connectivity index (χ1n) is 5.98. The molecule has 2 aromatic heterocycles. The van der Waals surface area contributed by atoms with Crippen molar-refractivity contribution in [2.75, 3.05) is 5.73 Å². The Kier molecular flexibility index (Phi) is 2.44. The van der Waals surface area contributed by atoms with E-state index in [4.69, 9.17) is 17.3 Å². The van der Waals surface area contributed by atoms with Gasteiger partial charge in [0.1, 0.15) is 5.52 Å². The van der Waals surface area contributed by atoms with Gasteiger partial charge in [-0.25, -0.2) is 4.52 Å². The number of hydrogen-bond acceptors (Lipinski definition) is 4. The molecule has 0 aliphatic heterocycles. The molecule has 0 bridgehead atoms. The standard InChI is InChI=1S/C13H14ClN5/c1-13(2,3)9-6-10-16-17-12-8(19(10)18-9)5-4-7(15)11(12)14/h4-6H,15H2,1-3H3. The number of nitrogens with two attached hydrogens (primary N) is 1. The first-order valence-corrected chi connectivity index (χ1v) is 6.36. The molecule has 98 valence electrons. The summed E-state index contributed by atoms with van der Waals surface area (Å²) in [7, 11) is 0. The lowest BCUT2D eigenvalue weighted by Gasteiger charge is -2.13. The van der Waals surface area contributed by atoms with E-state index >= 15 is 0 Å². The fourth-order valence-corrected chi connectivity index (χ4v) is 2.12. The number of benzene rings is 1. The van der Waals surface area contributed by atoms with Crippen molar-refractivity contribution in [3.63, 3.8) is 0 Å². The molecule has 0 aliphatic carbocycles. The number of fused-ring (bicyclic) bond motifs is 3. The van der Waals surface area contributed by atoms with Gasteiger partial charge in [-0.05, 0) is 12.1 Å². The minimum atomic E-state index is -0.0440. The van der Waals surface area contributed by atoms with Crippen LogP contribution in [0.5, 0.6) is 0 Å². The van der Waals surface area contributed by atoms with E-state index in [2.05, 4.69) is 36.1 Å². The van der Waals surface area contributed by atoms with Crippen LogP contribution in [0.2, 0.25) is 5.02 Å². The molecular weight excluding hydrogens is 262 g/mol. The average molecular weight is 276 g/mol. The zero-order valence-electron chi connectivity index (χ0n) is 11.0. The predicted octanol–water partition coefficient (Wildman–Crippen LogP) is 2.81. The molecule has 0 spiro atoms. The molecular formula is C13H14ClN5. The zero-order chi connectivity index (χ0) is 13.8. The highest BCUT2D eigenvalue weighted by atomic mass is 35.5. The third-order valence-electron chi connectivity index (χ3n) is 3.06. The van der Waals surface area contributed by atoms with Crippen LogP contribution in [-0.2, 0) is 5.41 Å². The molecule has 5 nitrogen and oxygen atoms in total. The Balaban J connectivity index is 2.41. The minimum absolute atomic E-state index is 0.0440. The van der Waals surface area contributed by atoms with Crippen molar-refractivity contribution in [3.8, 4) is 0 Å². The molecule has 3 rings (SSSR count). The molecule has 6 heteroatoms. The Morgan fingerprint density at radius 1 is 1.21 bits per heavy atom. The topological polar surface area (TPSA) is 69.1 Å². The third-order valence-corrected chi connectivity index (χ3v) is 3.46. The largest absolute Gasteiger partial charge is 0.397 e. The van der Waals surface area contributed by atoms with Crippen molar-refractivity contribution < 1.29 is 0 Å². The normalized spacial score (nSPS) is 12.4. The van der Waals surface area contributed by atoms with E-state index in [1.807, 2.05) is 12.1 Å². The van der Waals surface area contributed by atoms with Gasteiger partial charge >= 0.3 is 0 Å². The highest BCUT2D eigenvalue weighted by Gasteiger charge is 2.19. The van der Waals surface area contributed by atoms with Crippen molar-refractivity contribution in [1.29, 1.82) is 0 Å². The Morgan fingerprint density at radius 2 is 1.95 bits per heavy atom. The molecule has 0 saturated heterocycles. The molecule has 2 heterocycles. The number of hydrogen-bond donors (Lipinski definition) is 1. The predicted molar refractivity (Wildman–Crippen MR) is 76.4 cm³/mol. The van der Waals surface area contributed by atoms with E-state index in [1.54, 1.807) is 10.6 Å². The second-order valence-electron chi connectivity index (χ2n) is 5.59. The number of rotatable bonds is 0. The van der Waals surface area contributed by atoms with Crippen molar-refractivity contribution in [2.45, 2.75) is 26.2 Å². The van der Waals surface area contributed by atoms with Crippen LogP contribution in [0.3, 0.4) is 0 Å². The molecule has 19 heavy (non-hydrogen) atoms. The van der Waals surface area contributed by atoms with Crippen LogP contribution in [-0.4, -0.2) is 19.8 Å². The van der Waals surface area contributed by atoms with Gasteiger partial charge in [0.15, 0.2) is 5.65 Å². The smallest absolute Gasteiger partial charge is 0.178 e. The molecule has 0 atom stereocenters. The van der Waals surface area contributed by atoms with Crippen LogP contribution in [0.15, 0.2) is 18.2 Å². The molecule has 0 aliphatic rings. The Morgan fingerprint density at radius 3 is 2.63 bits per heavy atom. The highest BCUT2D eigenvalue weighted by Crippen LogP contribution is 2.28. The Labute approximate surface area is 115 Å². The molecule has 2 N–H and O–H groups in total. The Hall–Kier alpha value is -1.88. The second kappa shape index (κ2) is 3.81. The summed E-state index contributed by atoms with van der Waals surface area (Å²) < 4.78 is 1.76. The van der Waals surface area contributed by atoms with E-state index < -0.39 is 0 Å². The lowest BCUT2D eigenvalue weighted by molar-refractivity contribution is 0.564. The zero-order valence-corrected chi connectivity index (χ0v) is 11.7. The van der Waals surface area contributed by atoms with Gasteiger partial charge in [-0.15, -0.1) is 10.2 Å². The number of anilines is 1. The van der Waals surface area contributed by atoms with Crippen LogP contribution in [0.4, 0.5) is 5.69 Å². The van der Waals surface area contributed by atoms with Crippen molar-refractivity contribution in [2.24, 2.45) is 0 Å². The lowest BCUT2D eigenvalue weighted by atomic mass is 9.93. The van der Waals surface area contributed by atoms with Crippen molar-refractivity contribution >= 4 is 34.0 Å². The van der Waals surface area contributed by atoms with Gasteiger partial charge in [-0.1, -0.05) is 32.4 Å². The number of nitrogen functional groups attached to an aromatic ring is 1. The molecule has 0 saturated carbocycles.